The van der Waals surface area contributed by atoms with Crippen LogP contribution in [-0.4, -0.2) is 40.7 Å². The van der Waals surface area contributed by atoms with Gasteiger partial charge in [0, 0.05) is 17.8 Å². The Labute approximate surface area is 95.4 Å². The van der Waals surface area contributed by atoms with Gasteiger partial charge in [0.1, 0.15) is 13.1 Å². The molecule has 2 rings (SSSR count). The molecule has 0 aliphatic carbocycles. The van der Waals surface area contributed by atoms with E-state index in [9.17, 15) is 19.2 Å². The van der Waals surface area contributed by atoms with E-state index in [1.54, 1.807) is 0 Å². The van der Waals surface area contributed by atoms with Crippen molar-refractivity contribution in [1.82, 2.24) is 15.2 Å². The van der Waals surface area contributed by atoms with Crippen molar-refractivity contribution in [1.29, 1.82) is 0 Å². The molecular formula is C10H9N3O4. The molecule has 2 heterocycles. The maximum absolute atomic E-state index is 11.9. The molecule has 0 spiro atoms. The van der Waals surface area contributed by atoms with Crippen LogP contribution in [0.3, 0.4) is 0 Å². The molecule has 7 heteroatoms. The topological polar surface area (TPSA) is 99.3 Å². The van der Waals surface area contributed by atoms with Crippen LogP contribution in [0.4, 0.5) is 0 Å². The molecule has 0 bridgehead atoms. The minimum Gasteiger partial charge on any atom is -0.329 e. The lowest BCUT2D eigenvalue weighted by Gasteiger charge is -2.25. The molecule has 1 aromatic heterocycles. The second-order valence-electron chi connectivity index (χ2n) is 3.57. The Balaban J connectivity index is 2.23. The Morgan fingerprint density at radius 2 is 1.82 bits per heavy atom. The first-order valence-electron chi connectivity index (χ1n) is 4.87. The Hall–Kier alpha value is -2.44. The number of nitrogens with one attached hydrogen (secondary N) is 2. The van der Waals surface area contributed by atoms with E-state index < -0.39 is 23.3 Å². The zero-order valence-corrected chi connectivity index (χ0v) is 8.73. The van der Waals surface area contributed by atoms with Crippen LogP contribution in [0.5, 0.6) is 0 Å². The van der Waals surface area contributed by atoms with Crippen LogP contribution < -0.4 is 10.9 Å². The van der Waals surface area contributed by atoms with Crippen molar-refractivity contribution in [2.75, 3.05) is 13.1 Å². The summed E-state index contributed by atoms with van der Waals surface area (Å²) in [5.41, 5.74) is -0.264. The fourth-order valence-corrected chi connectivity index (χ4v) is 1.54. The molecule has 7 nitrogen and oxygen atoms in total. The van der Waals surface area contributed by atoms with E-state index in [1.807, 2.05) is 0 Å². The zero-order valence-electron chi connectivity index (χ0n) is 8.73. The first kappa shape index (κ1) is 11.1. The fourth-order valence-electron chi connectivity index (χ4n) is 1.54. The minimum absolute atomic E-state index is 0.149. The highest BCUT2D eigenvalue weighted by molar-refractivity contribution is 6.05. The molecular weight excluding hydrogens is 226 g/mol. The van der Waals surface area contributed by atoms with Gasteiger partial charge in [0.05, 0.1) is 0 Å². The molecule has 1 saturated heterocycles. The van der Waals surface area contributed by atoms with Gasteiger partial charge in [-0.25, -0.2) is 0 Å². The number of carbonyl (C=O) groups excluding carboxylic acids is 3. The van der Waals surface area contributed by atoms with E-state index in [2.05, 4.69) is 10.3 Å². The predicted molar refractivity (Wildman–Crippen MR) is 56.1 cm³/mol. The maximum Gasteiger partial charge on any atom is 0.255 e. The van der Waals surface area contributed by atoms with Crippen molar-refractivity contribution in [3.8, 4) is 0 Å². The predicted octanol–water partition coefficient (Wildman–Crippen LogP) is -1.53. The van der Waals surface area contributed by atoms with Gasteiger partial charge in [0.2, 0.25) is 17.4 Å². The van der Waals surface area contributed by atoms with E-state index in [1.165, 1.54) is 12.3 Å². The smallest absolute Gasteiger partial charge is 0.255 e. The van der Waals surface area contributed by atoms with Crippen LogP contribution in [0.1, 0.15) is 10.4 Å². The molecule has 17 heavy (non-hydrogen) atoms. The van der Waals surface area contributed by atoms with Crippen molar-refractivity contribution in [3.05, 3.63) is 34.2 Å². The summed E-state index contributed by atoms with van der Waals surface area (Å²) in [6.45, 7) is -0.366. The van der Waals surface area contributed by atoms with Crippen molar-refractivity contribution < 1.29 is 14.4 Å². The molecule has 1 aromatic rings. The lowest BCUT2D eigenvalue weighted by molar-refractivity contribution is -0.135. The van der Waals surface area contributed by atoms with Gasteiger partial charge in [-0.1, -0.05) is 0 Å². The van der Waals surface area contributed by atoms with Gasteiger partial charge in [-0.2, -0.15) is 0 Å². The number of imide groups is 1. The average molecular weight is 235 g/mol. The van der Waals surface area contributed by atoms with Gasteiger partial charge in [-0.15, -0.1) is 0 Å². The number of carbonyl (C=O) groups is 3. The van der Waals surface area contributed by atoms with Gasteiger partial charge in [0.15, 0.2) is 0 Å². The van der Waals surface area contributed by atoms with Gasteiger partial charge >= 0.3 is 0 Å². The van der Waals surface area contributed by atoms with Crippen LogP contribution in [0.25, 0.3) is 0 Å². The van der Waals surface area contributed by atoms with Crippen LogP contribution in [-0.2, 0) is 9.59 Å². The SMILES string of the molecule is O=C1CN(C(=O)c2cc[nH]c(=O)c2)CC(=O)N1. The zero-order chi connectivity index (χ0) is 12.4. The Morgan fingerprint density at radius 3 is 2.41 bits per heavy atom. The van der Waals surface area contributed by atoms with E-state index in [4.69, 9.17) is 0 Å². The molecule has 2 N–H and O–H groups in total. The van der Waals surface area contributed by atoms with Crippen molar-refractivity contribution in [2.24, 2.45) is 0 Å². The number of rotatable bonds is 1. The third kappa shape index (κ3) is 2.39. The Kier molecular flexibility index (Phi) is 2.73. The molecule has 1 aliphatic heterocycles. The third-order valence-electron chi connectivity index (χ3n) is 2.26. The van der Waals surface area contributed by atoms with E-state index in [0.29, 0.717) is 0 Å². The molecule has 0 unspecified atom stereocenters. The molecule has 88 valence electrons. The number of hydrogen-bond acceptors (Lipinski definition) is 4. The molecule has 1 aliphatic rings. The van der Waals surface area contributed by atoms with Gasteiger partial charge in [0.25, 0.3) is 5.91 Å². The number of hydrogen-bond donors (Lipinski definition) is 2. The van der Waals surface area contributed by atoms with Gasteiger partial charge in [-0.3, -0.25) is 24.5 Å². The van der Waals surface area contributed by atoms with E-state index in [-0.39, 0.29) is 18.7 Å². The monoisotopic (exact) mass is 235 g/mol. The largest absolute Gasteiger partial charge is 0.329 e. The summed E-state index contributed by atoms with van der Waals surface area (Å²) in [7, 11) is 0. The number of aromatic nitrogens is 1. The normalized spacial score (nSPS) is 15.6. The van der Waals surface area contributed by atoms with Crippen molar-refractivity contribution in [2.45, 2.75) is 0 Å². The van der Waals surface area contributed by atoms with Crippen LogP contribution in [0.15, 0.2) is 23.1 Å². The summed E-state index contributed by atoms with van der Waals surface area (Å²) < 4.78 is 0. The molecule has 0 saturated carbocycles. The lowest BCUT2D eigenvalue weighted by atomic mass is 10.2. The minimum atomic E-state index is -0.528. The highest BCUT2D eigenvalue weighted by atomic mass is 16.2. The second-order valence-corrected chi connectivity index (χ2v) is 3.57. The summed E-state index contributed by atoms with van der Waals surface area (Å²) in [5, 5.41) is 2.09. The lowest BCUT2D eigenvalue weighted by Crippen LogP contribution is -2.53. The third-order valence-corrected chi connectivity index (χ3v) is 2.26. The summed E-state index contributed by atoms with van der Waals surface area (Å²) >= 11 is 0. The highest BCUT2D eigenvalue weighted by Crippen LogP contribution is 2.03. The van der Waals surface area contributed by atoms with Crippen LogP contribution in [0.2, 0.25) is 0 Å². The standard InChI is InChI=1S/C10H9N3O4/c14-7-3-6(1-2-11-7)10(17)13-4-8(15)12-9(16)5-13/h1-3H,4-5H2,(H,11,14)(H,12,15,16). The fraction of sp³-hybridized carbons (Fsp3) is 0.200. The van der Waals surface area contributed by atoms with Crippen LogP contribution in [0, 0.1) is 0 Å². The highest BCUT2D eigenvalue weighted by Gasteiger charge is 2.27. The van der Waals surface area contributed by atoms with Crippen molar-refractivity contribution in [3.63, 3.8) is 0 Å². The number of piperazine rings is 1. The molecule has 0 atom stereocenters. The first-order chi connectivity index (χ1) is 8.06. The summed E-state index contributed by atoms with van der Waals surface area (Å²) in [4.78, 5) is 48.6. The number of amides is 3. The van der Waals surface area contributed by atoms with Crippen LogP contribution >= 0.6 is 0 Å². The van der Waals surface area contributed by atoms with E-state index >= 15 is 0 Å². The molecule has 0 radical (unpaired) electrons. The maximum atomic E-state index is 11.9. The number of H-pyrrole nitrogens is 1. The van der Waals surface area contributed by atoms with Gasteiger partial charge in [-0.05, 0) is 6.07 Å². The first-order valence-corrected chi connectivity index (χ1v) is 4.87. The number of aromatic amines is 1. The average Bonchev–Trinajstić information content (AvgIpc) is 2.26. The summed E-state index contributed by atoms with van der Waals surface area (Å²) in [6, 6.07) is 2.54. The molecule has 0 aromatic carbocycles. The second kappa shape index (κ2) is 4.20. The number of pyridine rings is 1. The quantitative estimate of drug-likeness (QED) is 0.577. The Morgan fingerprint density at radius 1 is 1.18 bits per heavy atom. The van der Waals surface area contributed by atoms with E-state index in [0.717, 1.165) is 11.0 Å². The Bertz CT molecular complexity index is 532. The van der Waals surface area contributed by atoms with Crippen molar-refractivity contribution >= 4 is 17.7 Å². The summed E-state index contributed by atoms with van der Waals surface area (Å²) in [5.74, 6) is -1.57. The molecule has 1 fully saturated rings. The molecule has 3 amide bonds. The summed E-state index contributed by atoms with van der Waals surface area (Å²) in [6.07, 6.45) is 1.33. The number of nitrogens with zero attached hydrogens (tertiary/aromatic N) is 1. The van der Waals surface area contributed by atoms with Gasteiger partial charge < -0.3 is 9.88 Å².